The minimum atomic E-state index is 0.0223. The predicted molar refractivity (Wildman–Crippen MR) is 117 cm³/mol. The summed E-state index contributed by atoms with van der Waals surface area (Å²) in [7, 11) is 0. The number of aryl methyl sites for hydroxylation is 1. The molecule has 0 spiro atoms. The second-order valence-corrected chi connectivity index (χ2v) is 8.87. The lowest BCUT2D eigenvalue weighted by molar-refractivity contribution is 0.318. The zero-order valence-corrected chi connectivity index (χ0v) is 17.4. The number of halogens is 1. The maximum Gasteiger partial charge on any atom is 0.126 e. The first-order chi connectivity index (χ1) is 13.7. The molecule has 4 rings (SSSR count). The highest BCUT2D eigenvalue weighted by Gasteiger charge is 2.25. The van der Waals surface area contributed by atoms with Gasteiger partial charge in [-0.3, -0.25) is 0 Å². The van der Waals surface area contributed by atoms with Crippen LogP contribution in [0.4, 0.5) is 4.39 Å². The average Bonchev–Trinajstić information content (AvgIpc) is 2.73. The van der Waals surface area contributed by atoms with E-state index in [2.05, 4.69) is 56.3 Å². The number of allylic oxidation sites excluding steroid dienone is 1. The molecule has 0 amide bonds. The normalized spacial score (nSPS) is 25.0. The monoisotopic (exact) mass is 376 g/mol. The van der Waals surface area contributed by atoms with Crippen molar-refractivity contribution in [1.82, 2.24) is 0 Å². The van der Waals surface area contributed by atoms with Crippen LogP contribution in [0, 0.1) is 11.7 Å². The van der Waals surface area contributed by atoms with Gasteiger partial charge in [-0.05, 0) is 104 Å². The highest BCUT2D eigenvalue weighted by molar-refractivity contribution is 5.52. The number of benzene rings is 2. The van der Waals surface area contributed by atoms with Gasteiger partial charge in [-0.15, -0.1) is 0 Å². The van der Waals surface area contributed by atoms with Crippen LogP contribution in [0.5, 0.6) is 0 Å². The molecule has 1 saturated carbocycles. The summed E-state index contributed by atoms with van der Waals surface area (Å²) in [6, 6.07) is 12.9. The maximum atomic E-state index is 15.1. The predicted octanol–water partition coefficient (Wildman–Crippen LogP) is 7.82. The Morgan fingerprint density at radius 1 is 0.929 bits per heavy atom. The molecule has 2 aromatic carbocycles. The number of fused-ring (bicyclic) bond motifs is 1. The van der Waals surface area contributed by atoms with E-state index in [-0.39, 0.29) is 5.82 Å². The zero-order valence-electron chi connectivity index (χ0n) is 17.4. The first kappa shape index (κ1) is 19.4. The summed E-state index contributed by atoms with van der Waals surface area (Å²) in [6.07, 6.45) is 13.6. The lowest BCUT2D eigenvalue weighted by Crippen LogP contribution is -2.15. The van der Waals surface area contributed by atoms with Crippen molar-refractivity contribution in [2.75, 3.05) is 0 Å². The second-order valence-electron chi connectivity index (χ2n) is 8.87. The van der Waals surface area contributed by atoms with Gasteiger partial charge in [0, 0.05) is 0 Å². The molecule has 0 bridgehead atoms. The third-order valence-electron chi connectivity index (χ3n) is 7.18. The molecule has 0 N–H and O–H groups in total. The Kier molecular flexibility index (Phi) is 5.99. The van der Waals surface area contributed by atoms with E-state index in [9.17, 15) is 0 Å². The molecular formula is C27H33F. The smallest absolute Gasteiger partial charge is 0.126 e. The van der Waals surface area contributed by atoms with Crippen LogP contribution < -0.4 is 0 Å². The summed E-state index contributed by atoms with van der Waals surface area (Å²) >= 11 is 0. The molecule has 2 aliphatic rings. The van der Waals surface area contributed by atoms with Crippen molar-refractivity contribution in [2.24, 2.45) is 5.92 Å². The van der Waals surface area contributed by atoms with Crippen molar-refractivity contribution in [3.05, 3.63) is 76.1 Å². The van der Waals surface area contributed by atoms with E-state index in [1.165, 1.54) is 54.4 Å². The molecule has 1 heteroatoms. The fraction of sp³-hybridized carbons (Fsp3) is 0.481. The summed E-state index contributed by atoms with van der Waals surface area (Å²) in [5.74, 6) is 1.78. The second kappa shape index (κ2) is 8.64. The van der Waals surface area contributed by atoms with Crippen molar-refractivity contribution < 1.29 is 4.39 Å². The van der Waals surface area contributed by atoms with Crippen LogP contribution in [-0.4, -0.2) is 0 Å². The van der Waals surface area contributed by atoms with E-state index >= 15 is 4.39 Å². The zero-order chi connectivity index (χ0) is 19.5. The average molecular weight is 377 g/mol. The van der Waals surface area contributed by atoms with E-state index < -0.39 is 0 Å². The van der Waals surface area contributed by atoms with Gasteiger partial charge in [0.1, 0.15) is 5.82 Å². The molecule has 0 heterocycles. The van der Waals surface area contributed by atoms with Gasteiger partial charge in [-0.1, -0.05) is 55.8 Å². The van der Waals surface area contributed by atoms with E-state index in [0.717, 1.165) is 30.7 Å². The van der Waals surface area contributed by atoms with E-state index in [0.29, 0.717) is 11.8 Å². The Hall–Kier alpha value is -1.89. The molecule has 0 radical (unpaired) electrons. The quantitative estimate of drug-likeness (QED) is 0.510. The van der Waals surface area contributed by atoms with Crippen molar-refractivity contribution >= 4 is 6.08 Å². The first-order valence-corrected chi connectivity index (χ1v) is 11.2. The topological polar surface area (TPSA) is 0 Å². The Morgan fingerprint density at radius 2 is 1.75 bits per heavy atom. The highest BCUT2D eigenvalue weighted by atomic mass is 19.1. The summed E-state index contributed by atoms with van der Waals surface area (Å²) in [5.41, 5.74) is 6.26. The van der Waals surface area contributed by atoms with Crippen molar-refractivity contribution in [2.45, 2.75) is 77.0 Å². The maximum absolute atomic E-state index is 15.1. The molecule has 28 heavy (non-hydrogen) atoms. The summed E-state index contributed by atoms with van der Waals surface area (Å²) < 4.78 is 15.1. The van der Waals surface area contributed by atoms with Gasteiger partial charge >= 0.3 is 0 Å². The van der Waals surface area contributed by atoms with Crippen LogP contribution in [-0.2, 0) is 12.8 Å². The Bertz CT molecular complexity index is 839. The van der Waals surface area contributed by atoms with Crippen LogP contribution in [0.1, 0.15) is 92.0 Å². The van der Waals surface area contributed by atoms with E-state index in [1.54, 1.807) is 0 Å². The molecule has 1 fully saturated rings. The standard InChI is InChI=1S/C27H33F/c1-3-5-20-8-11-23-17-25(13-12-22(23)16-20)26-15-14-24(18-27(26)28)21-9-6-19(4-2)7-10-21/h3,5,8,11,14-16,18-19,21,25H,4,6-7,9-10,12-13,17H2,1-2H3/b5-3+. The highest BCUT2D eigenvalue weighted by Crippen LogP contribution is 2.39. The minimum absolute atomic E-state index is 0.0223. The molecule has 0 saturated heterocycles. The summed E-state index contributed by atoms with van der Waals surface area (Å²) in [6.45, 7) is 4.35. The largest absolute Gasteiger partial charge is 0.207 e. The first-order valence-electron chi connectivity index (χ1n) is 11.2. The third-order valence-corrected chi connectivity index (χ3v) is 7.18. The molecule has 1 atom stereocenters. The molecule has 2 aliphatic carbocycles. The minimum Gasteiger partial charge on any atom is -0.207 e. The molecular weight excluding hydrogens is 343 g/mol. The molecule has 148 valence electrons. The summed E-state index contributed by atoms with van der Waals surface area (Å²) in [4.78, 5) is 0. The van der Waals surface area contributed by atoms with Gasteiger partial charge in [0.05, 0.1) is 0 Å². The molecule has 2 aromatic rings. The van der Waals surface area contributed by atoms with Gasteiger partial charge in [0.15, 0.2) is 0 Å². The lowest BCUT2D eigenvalue weighted by Gasteiger charge is -2.29. The number of rotatable bonds is 4. The Labute approximate surface area is 169 Å². The third kappa shape index (κ3) is 4.09. The van der Waals surface area contributed by atoms with Gasteiger partial charge in [-0.2, -0.15) is 0 Å². The van der Waals surface area contributed by atoms with Crippen LogP contribution in [0.15, 0.2) is 42.5 Å². The molecule has 0 nitrogen and oxygen atoms in total. The molecule has 0 aromatic heterocycles. The number of hydrogen-bond acceptors (Lipinski definition) is 0. The summed E-state index contributed by atoms with van der Waals surface area (Å²) in [5, 5.41) is 0. The van der Waals surface area contributed by atoms with Crippen molar-refractivity contribution in [3.63, 3.8) is 0 Å². The van der Waals surface area contributed by atoms with Gasteiger partial charge < -0.3 is 0 Å². The van der Waals surface area contributed by atoms with Gasteiger partial charge in [0.25, 0.3) is 0 Å². The van der Waals surface area contributed by atoms with E-state index in [1.807, 2.05) is 6.07 Å². The fourth-order valence-corrected chi connectivity index (χ4v) is 5.37. The van der Waals surface area contributed by atoms with Crippen LogP contribution in [0.2, 0.25) is 0 Å². The Morgan fingerprint density at radius 3 is 2.46 bits per heavy atom. The van der Waals surface area contributed by atoms with Crippen molar-refractivity contribution in [3.8, 4) is 0 Å². The number of hydrogen-bond donors (Lipinski definition) is 0. The molecule has 1 unspecified atom stereocenters. The van der Waals surface area contributed by atoms with Crippen molar-refractivity contribution in [1.29, 1.82) is 0 Å². The molecule has 0 aliphatic heterocycles. The lowest BCUT2D eigenvalue weighted by atomic mass is 9.76. The van der Waals surface area contributed by atoms with Crippen LogP contribution >= 0.6 is 0 Å². The van der Waals surface area contributed by atoms with E-state index in [4.69, 9.17) is 0 Å². The van der Waals surface area contributed by atoms with Gasteiger partial charge in [-0.25, -0.2) is 4.39 Å². The van der Waals surface area contributed by atoms with Crippen LogP contribution in [0.25, 0.3) is 6.08 Å². The fourth-order valence-electron chi connectivity index (χ4n) is 5.37. The Balaban J connectivity index is 1.48. The van der Waals surface area contributed by atoms with Crippen LogP contribution in [0.3, 0.4) is 0 Å². The SMILES string of the molecule is C/C=C/c1ccc2c(c1)CCC(c1ccc(C3CCC(CC)CC3)cc1F)C2. The van der Waals surface area contributed by atoms with Gasteiger partial charge in [0.2, 0.25) is 0 Å².